The zero-order valence-electron chi connectivity index (χ0n) is 16.1. The normalized spacial score (nSPS) is 12.6. The van der Waals surface area contributed by atoms with E-state index in [2.05, 4.69) is 15.6 Å². The highest BCUT2D eigenvalue weighted by Crippen LogP contribution is 2.17. The van der Waals surface area contributed by atoms with Crippen LogP contribution in [0.4, 0.5) is 8.78 Å². The highest BCUT2D eigenvalue weighted by molar-refractivity contribution is 14.0. The highest BCUT2D eigenvalue weighted by atomic mass is 127. The smallest absolute Gasteiger partial charge is 0.191 e. The first-order valence-electron chi connectivity index (χ1n) is 8.66. The molecule has 0 aliphatic rings. The van der Waals surface area contributed by atoms with Gasteiger partial charge in [0, 0.05) is 13.6 Å². The molecule has 10 heteroatoms. The van der Waals surface area contributed by atoms with Crippen LogP contribution in [0.1, 0.15) is 6.92 Å². The summed E-state index contributed by atoms with van der Waals surface area (Å²) >= 11 is 0. The molecular formula is C19H24F2IN3O3S. The minimum absolute atomic E-state index is 0. The Morgan fingerprint density at radius 2 is 1.69 bits per heavy atom. The van der Waals surface area contributed by atoms with Crippen molar-refractivity contribution >= 4 is 39.8 Å². The Balaban J connectivity index is 0.00000420. The molecule has 160 valence electrons. The summed E-state index contributed by atoms with van der Waals surface area (Å²) in [5, 5.41) is 5.82. The van der Waals surface area contributed by atoms with Crippen molar-refractivity contribution in [3.8, 4) is 5.75 Å². The van der Waals surface area contributed by atoms with E-state index in [1.165, 1.54) is 37.4 Å². The predicted molar refractivity (Wildman–Crippen MR) is 120 cm³/mol. The molecule has 0 aliphatic heterocycles. The summed E-state index contributed by atoms with van der Waals surface area (Å²) in [6.45, 7) is 2.11. The number of nitrogens with zero attached hydrogens (tertiary/aromatic N) is 1. The molecule has 2 aromatic carbocycles. The second-order valence-corrected chi connectivity index (χ2v) is 8.07. The fourth-order valence-corrected chi connectivity index (χ4v) is 3.61. The van der Waals surface area contributed by atoms with E-state index in [1.807, 2.05) is 0 Å². The first-order chi connectivity index (χ1) is 13.3. The molecule has 1 atom stereocenters. The molecule has 2 aromatic rings. The fraction of sp³-hybridized carbons (Fsp3) is 0.316. The Hall–Kier alpha value is -1.95. The van der Waals surface area contributed by atoms with Crippen molar-refractivity contribution in [1.82, 2.24) is 10.6 Å². The van der Waals surface area contributed by atoms with Crippen LogP contribution in [0.25, 0.3) is 0 Å². The minimum atomic E-state index is -3.76. The van der Waals surface area contributed by atoms with Crippen molar-refractivity contribution in [3.05, 3.63) is 60.2 Å². The van der Waals surface area contributed by atoms with Gasteiger partial charge in [-0.2, -0.15) is 0 Å². The molecule has 0 fully saturated rings. The fourth-order valence-electron chi connectivity index (χ4n) is 2.37. The van der Waals surface area contributed by atoms with Crippen LogP contribution in [-0.4, -0.2) is 46.4 Å². The number of benzene rings is 2. The summed E-state index contributed by atoms with van der Waals surface area (Å²) < 4.78 is 57.2. The number of hydrogen-bond acceptors (Lipinski definition) is 4. The predicted octanol–water partition coefficient (Wildman–Crippen LogP) is 2.99. The first-order valence-corrected chi connectivity index (χ1v) is 10.3. The van der Waals surface area contributed by atoms with Gasteiger partial charge in [0.05, 0.1) is 12.3 Å². The van der Waals surface area contributed by atoms with Crippen molar-refractivity contribution in [2.75, 3.05) is 25.9 Å². The maximum Gasteiger partial charge on any atom is 0.191 e. The summed E-state index contributed by atoms with van der Waals surface area (Å²) in [6, 6.07) is 11.3. The second kappa shape index (κ2) is 11.9. The maximum atomic E-state index is 13.7. The number of halogens is 3. The van der Waals surface area contributed by atoms with Crippen LogP contribution in [0.3, 0.4) is 0 Å². The summed E-state index contributed by atoms with van der Waals surface area (Å²) in [5.41, 5.74) is 0. The van der Waals surface area contributed by atoms with Crippen molar-refractivity contribution in [2.45, 2.75) is 17.9 Å². The van der Waals surface area contributed by atoms with Gasteiger partial charge in [0.1, 0.15) is 16.8 Å². The number of aliphatic imine (C=N–C) groups is 1. The van der Waals surface area contributed by atoms with E-state index in [0.717, 1.165) is 6.07 Å². The number of sulfone groups is 1. The number of hydrogen-bond donors (Lipinski definition) is 2. The van der Waals surface area contributed by atoms with Crippen LogP contribution < -0.4 is 15.4 Å². The number of rotatable bonds is 8. The van der Waals surface area contributed by atoms with Gasteiger partial charge < -0.3 is 15.4 Å². The molecule has 6 nitrogen and oxygen atoms in total. The van der Waals surface area contributed by atoms with Gasteiger partial charge in [0.2, 0.25) is 0 Å². The van der Waals surface area contributed by atoms with Crippen LogP contribution in [0.15, 0.2) is 58.4 Å². The van der Waals surface area contributed by atoms with Crippen LogP contribution in [0.5, 0.6) is 5.75 Å². The molecule has 0 radical (unpaired) electrons. The summed E-state index contributed by atoms with van der Waals surface area (Å²) in [4.78, 5) is 3.66. The van der Waals surface area contributed by atoms with Gasteiger partial charge in [-0.05, 0) is 31.2 Å². The third-order valence-corrected chi connectivity index (χ3v) is 5.52. The van der Waals surface area contributed by atoms with Crippen LogP contribution in [0.2, 0.25) is 0 Å². The third kappa shape index (κ3) is 7.77. The van der Waals surface area contributed by atoms with Crippen LogP contribution in [0, 0.1) is 11.6 Å². The van der Waals surface area contributed by atoms with Gasteiger partial charge in [-0.25, -0.2) is 17.2 Å². The second-order valence-electron chi connectivity index (χ2n) is 5.99. The molecule has 0 aromatic heterocycles. The van der Waals surface area contributed by atoms with Crippen molar-refractivity contribution in [3.63, 3.8) is 0 Å². The standard InChI is InChI=1S/C19H23F2N3O3S.HI/c1-14(27-17-9-5-3-7-15(17)20)13-24-19(22-2)23-11-12-28(25,26)18-10-6-4-8-16(18)21;/h3-10,14H,11-13H2,1-2H3,(H2,22,23,24);1H. The Labute approximate surface area is 186 Å². The van der Waals surface area contributed by atoms with E-state index in [9.17, 15) is 17.2 Å². The van der Waals surface area contributed by atoms with E-state index in [0.29, 0.717) is 12.5 Å². The Morgan fingerprint density at radius 1 is 1.07 bits per heavy atom. The molecule has 1 unspecified atom stereocenters. The Morgan fingerprint density at radius 3 is 2.31 bits per heavy atom. The minimum Gasteiger partial charge on any atom is -0.486 e. The van der Waals surface area contributed by atoms with Crippen molar-refractivity contribution in [1.29, 1.82) is 0 Å². The van der Waals surface area contributed by atoms with Gasteiger partial charge >= 0.3 is 0 Å². The average Bonchev–Trinajstić information content (AvgIpc) is 2.66. The van der Waals surface area contributed by atoms with Gasteiger partial charge in [-0.1, -0.05) is 24.3 Å². The van der Waals surface area contributed by atoms with Gasteiger partial charge in [-0.15, -0.1) is 24.0 Å². The zero-order valence-corrected chi connectivity index (χ0v) is 19.2. The summed E-state index contributed by atoms with van der Waals surface area (Å²) in [7, 11) is -2.23. The lowest BCUT2D eigenvalue weighted by Gasteiger charge is -2.18. The first kappa shape index (κ1) is 25.1. The van der Waals surface area contributed by atoms with Gasteiger partial charge in [0.15, 0.2) is 27.4 Å². The van der Waals surface area contributed by atoms with Gasteiger partial charge in [0.25, 0.3) is 0 Å². The molecule has 0 saturated carbocycles. The van der Waals surface area contributed by atoms with E-state index in [1.54, 1.807) is 19.1 Å². The summed E-state index contributed by atoms with van der Waals surface area (Å²) in [6.07, 6.45) is -0.363. The van der Waals surface area contributed by atoms with Crippen molar-refractivity contribution < 1.29 is 21.9 Å². The Bertz CT molecular complexity index is 926. The number of ether oxygens (including phenoxy) is 1. The molecule has 0 bridgehead atoms. The third-order valence-electron chi connectivity index (χ3n) is 3.78. The molecule has 29 heavy (non-hydrogen) atoms. The molecule has 0 amide bonds. The lowest BCUT2D eigenvalue weighted by atomic mass is 10.3. The molecule has 2 rings (SSSR count). The molecule has 2 N–H and O–H groups in total. The Kier molecular flexibility index (Phi) is 10.3. The number of guanidine groups is 1. The monoisotopic (exact) mass is 539 g/mol. The topological polar surface area (TPSA) is 79.8 Å². The maximum absolute atomic E-state index is 13.7. The number of nitrogens with one attached hydrogen (secondary N) is 2. The molecule has 0 saturated heterocycles. The van der Waals surface area contributed by atoms with Crippen LogP contribution >= 0.6 is 24.0 Å². The molecule has 0 aliphatic carbocycles. The number of para-hydroxylation sites is 1. The van der Waals surface area contributed by atoms with Gasteiger partial charge in [-0.3, -0.25) is 4.99 Å². The molecule has 0 spiro atoms. The quantitative estimate of drug-likeness (QED) is 0.307. The highest BCUT2D eigenvalue weighted by Gasteiger charge is 2.18. The van der Waals surface area contributed by atoms with Crippen molar-refractivity contribution in [2.24, 2.45) is 4.99 Å². The largest absolute Gasteiger partial charge is 0.486 e. The van der Waals surface area contributed by atoms with E-state index in [-0.39, 0.29) is 53.0 Å². The summed E-state index contributed by atoms with van der Waals surface area (Å²) in [5.74, 6) is -1.02. The lowest BCUT2D eigenvalue weighted by Crippen LogP contribution is -2.43. The average molecular weight is 539 g/mol. The lowest BCUT2D eigenvalue weighted by molar-refractivity contribution is 0.214. The van der Waals surface area contributed by atoms with E-state index < -0.39 is 21.5 Å². The van der Waals surface area contributed by atoms with E-state index in [4.69, 9.17) is 4.74 Å². The zero-order chi connectivity index (χ0) is 20.6. The molecular weight excluding hydrogens is 515 g/mol. The van der Waals surface area contributed by atoms with E-state index >= 15 is 0 Å². The van der Waals surface area contributed by atoms with Crippen LogP contribution in [-0.2, 0) is 9.84 Å². The SMILES string of the molecule is CN=C(NCCS(=O)(=O)c1ccccc1F)NCC(C)Oc1ccccc1F.I. The molecule has 0 heterocycles.